The minimum atomic E-state index is -0.539. The standard InChI is InChI=1S/C18H21IN2O3/c1-3-20-8-7-13(10-20)21-11-15(18(23)24-4-2)17(22)14-9-12(19)5-6-16(14)21/h5-6,9,11,13H,3-4,7-8,10H2,1-2H3. The van der Waals surface area contributed by atoms with Gasteiger partial charge in [-0.2, -0.15) is 0 Å². The fraction of sp³-hybridized carbons (Fsp3) is 0.444. The van der Waals surface area contributed by atoms with Crippen LogP contribution in [0.4, 0.5) is 0 Å². The van der Waals surface area contributed by atoms with Crippen molar-refractivity contribution in [1.29, 1.82) is 0 Å². The highest BCUT2D eigenvalue weighted by Gasteiger charge is 2.25. The number of hydrogen-bond donors (Lipinski definition) is 0. The third kappa shape index (κ3) is 3.21. The number of pyridine rings is 1. The second-order valence-corrected chi connectivity index (χ2v) is 7.24. The Labute approximate surface area is 154 Å². The van der Waals surface area contributed by atoms with E-state index in [9.17, 15) is 9.59 Å². The maximum atomic E-state index is 12.8. The fourth-order valence-electron chi connectivity index (χ4n) is 3.31. The Morgan fingerprint density at radius 1 is 1.38 bits per heavy atom. The molecule has 5 nitrogen and oxygen atoms in total. The fourth-order valence-corrected chi connectivity index (χ4v) is 3.80. The molecule has 2 aromatic rings. The number of rotatable bonds is 4. The summed E-state index contributed by atoms with van der Waals surface area (Å²) in [6, 6.07) is 6.09. The van der Waals surface area contributed by atoms with E-state index >= 15 is 0 Å². The molecule has 6 heteroatoms. The molecule has 1 fully saturated rings. The molecule has 128 valence electrons. The molecule has 2 heterocycles. The van der Waals surface area contributed by atoms with E-state index in [0.29, 0.717) is 5.39 Å². The van der Waals surface area contributed by atoms with Crippen LogP contribution in [0, 0.1) is 3.57 Å². The Hall–Kier alpha value is -1.41. The highest BCUT2D eigenvalue weighted by molar-refractivity contribution is 14.1. The quantitative estimate of drug-likeness (QED) is 0.542. The first-order valence-corrected chi connectivity index (χ1v) is 9.36. The molecule has 0 aliphatic carbocycles. The van der Waals surface area contributed by atoms with Gasteiger partial charge in [-0.3, -0.25) is 4.79 Å². The minimum Gasteiger partial charge on any atom is -0.462 e. The number of likely N-dealkylation sites (tertiary alicyclic amines) is 1. The van der Waals surface area contributed by atoms with Gasteiger partial charge in [0.25, 0.3) is 0 Å². The van der Waals surface area contributed by atoms with Crippen molar-refractivity contribution in [3.63, 3.8) is 0 Å². The SMILES string of the molecule is CCOC(=O)c1cn(C2CCN(CC)C2)c2ccc(I)cc2c1=O. The molecule has 0 radical (unpaired) electrons. The van der Waals surface area contributed by atoms with Crippen LogP contribution in [0.3, 0.4) is 0 Å². The lowest BCUT2D eigenvalue weighted by molar-refractivity contribution is 0.0524. The van der Waals surface area contributed by atoms with Crippen molar-refractivity contribution < 1.29 is 9.53 Å². The Kier molecular flexibility index (Phi) is 5.24. The van der Waals surface area contributed by atoms with Gasteiger partial charge in [-0.05, 0) is 60.7 Å². The number of benzene rings is 1. The van der Waals surface area contributed by atoms with Crippen LogP contribution >= 0.6 is 22.6 Å². The Morgan fingerprint density at radius 2 is 2.17 bits per heavy atom. The number of aromatic nitrogens is 1. The molecule has 1 saturated heterocycles. The first-order chi connectivity index (χ1) is 11.5. The summed E-state index contributed by atoms with van der Waals surface area (Å²) >= 11 is 2.19. The van der Waals surface area contributed by atoms with E-state index < -0.39 is 5.97 Å². The van der Waals surface area contributed by atoms with Gasteiger partial charge in [-0.25, -0.2) is 4.79 Å². The van der Waals surface area contributed by atoms with Gasteiger partial charge in [0, 0.05) is 34.3 Å². The van der Waals surface area contributed by atoms with Crippen LogP contribution in [0.2, 0.25) is 0 Å². The second kappa shape index (κ2) is 7.23. The molecule has 1 atom stereocenters. The first kappa shape index (κ1) is 17.4. The van der Waals surface area contributed by atoms with Crippen molar-refractivity contribution in [2.45, 2.75) is 26.3 Å². The summed E-state index contributed by atoms with van der Waals surface area (Å²) in [5.74, 6) is -0.539. The normalized spacial score (nSPS) is 18.2. The predicted octanol–water partition coefficient (Wildman–Crippen LogP) is 3.05. The Bertz CT molecular complexity index is 831. The zero-order valence-electron chi connectivity index (χ0n) is 13.9. The lowest BCUT2D eigenvalue weighted by Gasteiger charge is -2.20. The summed E-state index contributed by atoms with van der Waals surface area (Å²) in [7, 11) is 0. The minimum absolute atomic E-state index is 0.126. The van der Waals surface area contributed by atoms with E-state index in [1.54, 1.807) is 13.1 Å². The lowest BCUT2D eigenvalue weighted by Crippen LogP contribution is -2.25. The molecule has 1 aromatic carbocycles. The lowest BCUT2D eigenvalue weighted by atomic mass is 10.1. The molecule has 0 N–H and O–H groups in total. The van der Waals surface area contributed by atoms with Crippen LogP contribution in [-0.4, -0.2) is 41.7 Å². The smallest absolute Gasteiger partial charge is 0.343 e. The van der Waals surface area contributed by atoms with Crippen LogP contribution in [0.25, 0.3) is 10.9 Å². The third-order valence-electron chi connectivity index (χ3n) is 4.58. The molecule has 1 aromatic heterocycles. The van der Waals surface area contributed by atoms with E-state index in [-0.39, 0.29) is 23.6 Å². The maximum Gasteiger partial charge on any atom is 0.343 e. The van der Waals surface area contributed by atoms with Crippen molar-refractivity contribution in [2.24, 2.45) is 0 Å². The van der Waals surface area contributed by atoms with Crippen LogP contribution < -0.4 is 5.43 Å². The third-order valence-corrected chi connectivity index (χ3v) is 5.25. The molecular weight excluding hydrogens is 419 g/mol. The molecule has 0 spiro atoms. The summed E-state index contributed by atoms with van der Waals surface area (Å²) in [5.41, 5.74) is 0.765. The van der Waals surface area contributed by atoms with Crippen LogP contribution in [0.5, 0.6) is 0 Å². The maximum absolute atomic E-state index is 12.8. The first-order valence-electron chi connectivity index (χ1n) is 8.29. The summed E-state index contributed by atoms with van der Waals surface area (Å²) < 4.78 is 8.15. The summed E-state index contributed by atoms with van der Waals surface area (Å²) in [5, 5.41) is 0.586. The molecular formula is C18H21IN2O3. The van der Waals surface area contributed by atoms with Crippen molar-refractivity contribution in [3.8, 4) is 0 Å². The number of hydrogen-bond acceptors (Lipinski definition) is 4. The van der Waals surface area contributed by atoms with E-state index in [4.69, 9.17) is 4.74 Å². The molecule has 24 heavy (non-hydrogen) atoms. The zero-order chi connectivity index (χ0) is 17.3. The van der Waals surface area contributed by atoms with Gasteiger partial charge < -0.3 is 14.2 Å². The number of nitrogens with zero attached hydrogens (tertiary/aromatic N) is 2. The molecule has 1 unspecified atom stereocenters. The van der Waals surface area contributed by atoms with Gasteiger partial charge in [0.2, 0.25) is 5.43 Å². The summed E-state index contributed by atoms with van der Waals surface area (Å²) in [4.78, 5) is 27.4. The van der Waals surface area contributed by atoms with E-state index in [1.165, 1.54) is 0 Å². The van der Waals surface area contributed by atoms with E-state index in [2.05, 4.69) is 39.0 Å². The molecule has 0 saturated carbocycles. The predicted molar refractivity (Wildman–Crippen MR) is 103 cm³/mol. The number of likely N-dealkylation sites (N-methyl/N-ethyl adjacent to an activating group) is 1. The monoisotopic (exact) mass is 440 g/mol. The van der Waals surface area contributed by atoms with Crippen molar-refractivity contribution >= 4 is 39.5 Å². The van der Waals surface area contributed by atoms with Gasteiger partial charge in [0.05, 0.1) is 12.1 Å². The largest absolute Gasteiger partial charge is 0.462 e. The van der Waals surface area contributed by atoms with Crippen molar-refractivity contribution in [3.05, 3.63) is 43.8 Å². The summed E-state index contributed by atoms with van der Waals surface area (Å²) in [6.07, 6.45) is 2.71. The van der Waals surface area contributed by atoms with Gasteiger partial charge in [-0.1, -0.05) is 6.92 Å². The number of carbonyl (C=O) groups excluding carboxylic acids is 1. The highest BCUT2D eigenvalue weighted by atomic mass is 127. The molecule has 0 amide bonds. The van der Waals surface area contributed by atoms with E-state index in [0.717, 1.165) is 35.1 Å². The van der Waals surface area contributed by atoms with Crippen LogP contribution in [0.15, 0.2) is 29.2 Å². The average Bonchev–Trinajstić information content (AvgIpc) is 3.04. The van der Waals surface area contributed by atoms with Gasteiger partial charge in [0.15, 0.2) is 0 Å². The summed E-state index contributed by atoms with van der Waals surface area (Å²) in [6.45, 7) is 7.14. The average molecular weight is 440 g/mol. The number of halogens is 1. The number of ether oxygens (including phenoxy) is 1. The van der Waals surface area contributed by atoms with Gasteiger partial charge in [-0.15, -0.1) is 0 Å². The van der Waals surface area contributed by atoms with Crippen LogP contribution in [-0.2, 0) is 4.74 Å². The second-order valence-electron chi connectivity index (χ2n) is 6.00. The van der Waals surface area contributed by atoms with Gasteiger partial charge in [0.1, 0.15) is 5.56 Å². The molecule has 3 rings (SSSR count). The van der Waals surface area contributed by atoms with Crippen molar-refractivity contribution in [2.75, 3.05) is 26.2 Å². The number of esters is 1. The van der Waals surface area contributed by atoms with Gasteiger partial charge >= 0.3 is 5.97 Å². The zero-order valence-corrected chi connectivity index (χ0v) is 16.1. The highest BCUT2D eigenvalue weighted by Crippen LogP contribution is 2.26. The Morgan fingerprint density at radius 3 is 2.83 bits per heavy atom. The topological polar surface area (TPSA) is 51.5 Å². The molecule has 0 bridgehead atoms. The number of fused-ring (bicyclic) bond motifs is 1. The number of carbonyl (C=O) groups is 1. The van der Waals surface area contributed by atoms with Crippen molar-refractivity contribution in [1.82, 2.24) is 9.47 Å². The molecule has 1 aliphatic heterocycles. The molecule has 1 aliphatic rings. The Balaban J connectivity index is 2.18. The van der Waals surface area contributed by atoms with Crippen LogP contribution in [0.1, 0.15) is 36.7 Å². The van der Waals surface area contributed by atoms with E-state index in [1.807, 2.05) is 18.2 Å².